The number of nitrogens with zero attached hydrogens (tertiary/aromatic N) is 4. The number of amides is 2. The van der Waals surface area contributed by atoms with Gasteiger partial charge in [0.2, 0.25) is 0 Å². The molecular weight excluding hydrogens is 646 g/mol. The number of hydrogen-bond acceptors (Lipinski definition) is 5. The summed E-state index contributed by atoms with van der Waals surface area (Å²) >= 11 is 0. The monoisotopic (exact) mass is 688 g/mol. The van der Waals surface area contributed by atoms with Crippen molar-refractivity contribution in [3.05, 3.63) is 141 Å². The van der Waals surface area contributed by atoms with E-state index in [1.54, 1.807) is 21.9 Å². The highest BCUT2D eigenvalue weighted by Crippen LogP contribution is 2.36. The van der Waals surface area contributed by atoms with Crippen molar-refractivity contribution in [2.45, 2.75) is 89.8 Å². The Hall–Kier alpha value is -5.09. The Morgan fingerprint density at radius 3 is 1.37 bits per heavy atom. The molecule has 0 unspecified atom stereocenters. The van der Waals surface area contributed by atoms with Gasteiger partial charge >= 0.3 is 6.03 Å². The Morgan fingerprint density at radius 2 is 1.02 bits per heavy atom. The second-order valence-corrected chi connectivity index (χ2v) is 14.1. The Bertz CT molecular complexity index is 1810. The zero-order valence-electron chi connectivity index (χ0n) is 29.4. The van der Waals surface area contributed by atoms with Gasteiger partial charge in [0, 0.05) is 13.1 Å². The highest BCUT2D eigenvalue weighted by Gasteiger charge is 2.51. The molecule has 4 atom stereocenters. The highest BCUT2D eigenvalue weighted by atomic mass is 19.1. The molecule has 2 aliphatic rings. The summed E-state index contributed by atoms with van der Waals surface area (Å²) < 4.78 is 41.7. The molecule has 2 heterocycles. The third-order valence-corrected chi connectivity index (χ3v) is 10.1. The first kappa shape index (κ1) is 35.7. The number of benzene rings is 4. The Morgan fingerprint density at radius 1 is 0.647 bits per heavy atom. The van der Waals surface area contributed by atoms with Gasteiger partial charge in [-0.3, -0.25) is 0 Å². The van der Waals surface area contributed by atoms with Crippen LogP contribution in [0, 0.1) is 34.3 Å². The maximum Gasteiger partial charge on any atom is 0.321 e. The van der Waals surface area contributed by atoms with E-state index in [-0.39, 0.29) is 37.0 Å². The van der Waals surface area contributed by atoms with Crippen LogP contribution in [0.5, 0.6) is 0 Å². The summed E-state index contributed by atoms with van der Waals surface area (Å²) in [7, 11) is 0. The molecule has 0 aromatic heterocycles. The molecule has 0 spiro atoms. The first-order chi connectivity index (χ1) is 24.6. The van der Waals surface area contributed by atoms with Gasteiger partial charge < -0.3 is 19.3 Å². The van der Waals surface area contributed by atoms with Crippen molar-refractivity contribution < 1.29 is 23.0 Å². The number of carbonyl (C=O) groups excluding carboxylic acids is 1. The SMILES string of the molecule is CC(C)c1ccc(C[C@@H]2[C@@H]3OCO[C@H]3[C@@H](Cc3ccc(C(C)C)cc3)N(Cc3ccc(F)c(C#N)c3)C(=O)N2Cc2ccc(F)c(C#N)c2)cc1. The molecule has 4 aromatic rings. The number of carbonyl (C=O) groups is 1. The highest BCUT2D eigenvalue weighted by molar-refractivity contribution is 5.76. The van der Waals surface area contributed by atoms with Gasteiger partial charge in [-0.25, -0.2) is 13.6 Å². The first-order valence-corrected chi connectivity index (χ1v) is 17.4. The molecule has 7 nitrogen and oxygen atoms in total. The Kier molecular flexibility index (Phi) is 10.8. The minimum Gasteiger partial charge on any atom is -0.347 e. The second kappa shape index (κ2) is 15.4. The van der Waals surface area contributed by atoms with E-state index in [1.807, 2.05) is 12.1 Å². The van der Waals surface area contributed by atoms with Crippen molar-refractivity contribution in [2.24, 2.45) is 0 Å². The molecule has 2 aliphatic heterocycles. The number of urea groups is 1. The summed E-state index contributed by atoms with van der Waals surface area (Å²) in [5.41, 5.74) is 5.40. The van der Waals surface area contributed by atoms with Gasteiger partial charge in [-0.2, -0.15) is 10.5 Å². The van der Waals surface area contributed by atoms with E-state index < -0.39 is 35.9 Å². The van der Waals surface area contributed by atoms with Crippen LogP contribution in [0.4, 0.5) is 13.6 Å². The number of hydrogen-bond donors (Lipinski definition) is 0. The quantitative estimate of drug-likeness (QED) is 0.167. The van der Waals surface area contributed by atoms with Crippen LogP contribution >= 0.6 is 0 Å². The van der Waals surface area contributed by atoms with Crippen LogP contribution in [0.15, 0.2) is 84.9 Å². The van der Waals surface area contributed by atoms with Crippen LogP contribution < -0.4 is 0 Å². The predicted molar refractivity (Wildman–Crippen MR) is 189 cm³/mol. The zero-order valence-corrected chi connectivity index (χ0v) is 29.4. The summed E-state index contributed by atoms with van der Waals surface area (Å²) in [5, 5.41) is 19.2. The van der Waals surface area contributed by atoms with E-state index in [0.29, 0.717) is 35.8 Å². The number of ether oxygens (including phenoxy) is 2. The minimum atomic E-state index is -0.632. The molecule has 2 amide bonds. The van der Waals surface area contributed by atoms with Crippen LogP contribution in [0.3, 0.4) is 0 Å². The largest absolute Gasteiger partial charge is 0.347 e. The number of rotatable bonds is 10. The van der Waals surface area contributed by atoms with Crippen molar-refractivity contribution >= 4 is 6.03 Å². The molecule has 2 saturated heterocycles. The lowest BCUT2D eigenvalue weighted by molar-refractivity contribution is 0.00167. The minimum absolute atomic E-state index is 0.0427. The normalized spacial score (nSPS) is 20.3. The smallest absolute Gasteiger partial charge is 0.321 e. The van der Waals surface area contributed by atoms with Crippen LogP contribution in [0.1, 0.15) is 84.0 Å². The second-order valence-electron chi connectivity index (χ2n) is 14.1. The molecule has 0 N–H and O–H groups in total. The van der Waals surface area contributed by atoms with E-state index in [2.05, 4.69) is 76.2 Å². The van der Waals surface area contributed by atoms with Crippen LogP contribution in [0.25, 0.3) is 0 Å². The topological polar surface area (TPSA) is 89.6 Å². The van der Waals surface area contributed by atoms with E-state index in [0.717, 1.165) is 11.1 Å². The summed E-state index contributed by atoms with van der Waals surface area (Å²) in [6, 6.07) is 27.8. The van der Waals surface area contributed by atoms with Gasteiger partial charge in [0.15, 0.2) is 0 Å². The molecule has 0 aliphatic carbocycles. The molecule has 0 bridgehead atoms. The lowest BCUT2D eigenvalue weighted by Gasteiger charge is -2.36. The Balaban J connectivity index is 1.47. The maximum atomic E-state index is 15.2. The molecule has 51 heavy (non-hydrogen) atoms. The molecule has 0 saturated carbocycles. The van der Waals surface area contributed by atoms with Crippen molar-refractivity contribution in [1.29, 1.82) is 10.5 Å². The standard InChI is InChI=1S/C42H42F2N4O3/c1-26(2)32-11-5-28(6-12-32)19-38-40-41(51-25-50-40)39(20-29-7-13-33(14-8-29)27(3)4)48(24-31-10-16-37(44)35(18-31)22-46)42(49)47(38)23-30-9-15-36(43)34(17-30)21-45/h5-18,26-27,38-41H,19-20,23-25H2,1-4H3/t38-,39-,40+,41+/m1/s1. The van der Waals surface area contributed by atoms with Crippen molar-refractivity contribution in [3.63, 3.8) is 0 Å². The van der Waals surface area contributed by atoms with Gasteiger partial charge in [-0.05, 0) is 82.3 Å². The van der Waals surface area contributed by atoms with E-state index in [4.69, 9.17) is 9.47 Å². The lowest BCUT2D eigenvalue weighted by atomic mass is 9.90. The van der Waals surface area contributed by atoms with Crippen molar-refractivity contribution in [3.8, 4) is 12.1 Å². The first-order valence-electron chi connectivity index (χ1n) is 17.4. The number of fused-ring (bicyclic) bond motifs is 1. The van der Waals surface area contributed by atoms with E-state index in [9.17, 15) is 19.3 Å². The third-order valence-electron chi connectivity index (χ3n) is 10.1. The summed E-state index contributed by atoms with van der Waals surface area (Å²) in [5.74, 6) is -0.549. The molecule has 4 aromatic carbocycles. The van der Waals surface area contributed by atoms with Gasteiger partial charge in [-0.1, -0.05) is 88.4 Å². The van der Waals surface area contributed by atoms with Gasteiger partial charge in [0.25, 0.3) is 0 Å². The van der Waals surface area contributed by atoms with E-state index in [1.165, 1.54) is 35.4 Å². The lowest BCUT2D eigenvalue weighted by Crippen LogP contribution is -2.50. The fraction of sp³-hybridized carbons (Fsp3) is 0.357. The van der Waals surface area contributed by atoms with Crippen LogP contribution in [-0.2, 0) is 35.4 Å². The number of halogens is 2. The molecule has 0 radical (unpaired) electrons. The zero-order chi connectivity index (χ0) is 36.2. The Labute approximate surface area is 298 Å². The fourth-order valence-corrected chi connectivity index (χ4v) is 7.14. The molecular formula is C42H42F2N4O3. The van der Waals surface area contributed by atoms with Crippen molar-refractivity contribution in [1.82, 2.24) is 9.80 Å². The van der Waals surface area contributed by atoms with Gasteiger partial charge in [-0.15, -0.1) is 0 Å². The van der Waals surface area contributed by atoms with Crippen LogP contribution in [0.2, 0.25) is 0 Å². The fourth-order valence-electron chi connectivity index (χ4n) is 7.14. The molecule has 9 heteroatoms. The molecule has 6 rings (SSSR count). The van der Waals surface area contributed by atoms with Crippen molar-refractivity contribution in [2.75, 3.05) is 6.79 Å². The van der Waals surface area contributed by atoms with E-state index >= 15 is 4.79 Å². The average Bonchev–Trinajstić information content (AvgIpc) is 3.59. The summed E-state index contributed by atoms with van der Waals surface area (Å²) in [4.78, 5) is 18.7. The molecule has 262 valence electrons. The average molecular weight is 689 g/mol. The van der Waals surface area contributed by atoms with Gasteiger partial charge in [0.1, 0.15) is 42.8 Å². The van der Waals surface area contributed by atoms with Crippen LogP contribution in [-0.4, -0.2) is 46.9 Å². The molecule has 2 fully saturated rings. The third kappa shape index (κ3) is 7.81. The summed E-state index contributed by atoms with van der Waals surface area (Å²) in [6.45, 7) is 8.75. The maximum absolute atomic E-state index is 15.2. The summed E-state index contributed by atoms with van der Waals surface area (Å²) in [6.07, 6.45) is -0.135. The number of nitriles is 2. The predicted octanol–water partition coefficient (Wildman–Crippen LogP) is 8.36. The van der Waals surface area contributed by atoms with Gasteiger partial charge in [0.05, 0.1) is 23.2 Å².